The first-order chi connectivity index (χ1) is 12.3. The lowest BCUT2D eigenvalue weighted by Crippen LogP contribution is -2.44. The van der Waals surface area contributed by atoms with Gasteiger partial charge in [0.2, 0.25) is 5.91 Å². The molecule has 1 aliphatic rings. The second-order valence-electron chi connectivity index (χ2n) is 5.85. The van der Waals surface area contributed by atoms with E-state index in [-0.39, 0.29) is 23.8 Å². The number of hydrogen-bond donors (Lipinski definition) is 2. The maximum atomic E-state index is 12.0. The molecule has 26 heavy (non-hydrogen) atoms. The molecule has 1 saturated heterocycles. The van der Waals surface area contributed by atoms with Gasteiger partial charge in [0.05, 0.1) is 17.1 Å². The molecule has 10 heteroatoms. The lowest BCUT2D eigenvalue weighted by Gasteiger charge is -2.11. The van der Waals surface area contributed by atoms with Crippen LogP contribution in [0.4, 0.5) is 0 Å². The van der Waals surface area contributed by atoms with Gasteiger partial charge in [0.25, 0.3) is 5.91 Å². The van der Waals surface area contributed by atoms with Crippen LogP contribution in [0.25, 0.3) is 0 Å². The Hall–Kier alpha value is -2.07. The number of hydrazine groups is 1. The normalized spacial score (nSPS) is 18.1. The van der Waals surface area contributed by atoms with E-state index in [4.69, 9.17) is 4.74 Å². The molecule has 2 rings (SSSR count). The zero-order valence-corrected chi connectivity index (χ0v) is 15.8. The number of esters is 1. The minimum Gasteiger partial charge on any atom is -0.452 e. The summed E-state index contributed by atoms with van der Waals surface area (Å²) in [5, 5.41) is 0. The van der Waals surface area contributed by atoms with E-state index < -0.39 is 34.2 Å². The first-order valence-electron chi connectivity index (χ1n) is 7.89. The van der Waals surface area contributed by atoms with Gasteiger partial charge in [-0.2, -0.15) is 0 Å². The van der Waals surface area contributed by atoms with Crippen molar-refractivity contribution in [3.8, 4) is 0 Å². The van der Waals surface area contributed by atoms with Crippen molar-refractivity contribution >= 4 is 39.4 Å². The molecule has 1 fully saturated rings. The molecule has 0 unspecified atom stereocenters. The third-order valence-corrected chi connectivity index (χ3v) is 6.44. The summed E-state index contributed by atoms with van der Waals surface area (Å²) in [7, 11) is -3.05. The van der Waals surface area contributed by atoms with E-state index in [2.05, 4.69) is 10.9 Å². The van der Waals surface area contributed by atoms with Crippen LogP contribution in [0.3, 0.4) is 0 Å². The summed E-state index contributed by atoms with van der Waals surface area (Å²) in [4.78, 5) is 36.1. The third-order valence-electron chi connectivity index (χ3n) is 3.80. The van der Waals surface area contributed by atoms with Gasteiger partial charge in [0.15, 0.2) is 16.4 Å². The van der Waals surface area contributed by atoms with Crippen LogP contribution in [0.15, 0.2) is 29.2 Å². The van der Waals surface area contributed by atoms with Gasteiger partial charge in [-0.05, 0) is 30.7 Å². The van der Waals surface area contributed by atoms with Crippen molar-refractivity contribution in [2.75, 3.05) is 24.4 Å². The lowest BCUT2D eigenvalue weighted by molar-refractivity contribution is -0.131. The first kappa shape index (κ1) is 20.2. The Morgan fingerprint density at radius 2 is 1.88 bits per heavy atom. The van der Waals surface area contributed by atoms with Gasteiger partial charge >= 0.3 is 5.97 Å². The summed E-state index contributed by atoms with van der Waals surface area (Å²) in [6.45, 7) is -0.542. The molecule has 142 valence electrons. The summed E-state index contributed by atoms with van der Waals surface area (Å²) in [5.41, 5.74) is 4.70. The molecule has 0 bridgehead atoms. The topological polar surface area (TPSA) is 119 Å². The molecule has 0 saturated carbocycles. The molecule has 2 N–H and O–H groups in total. The Morgan fingerprint density at radius 1 is 1.19 bits per heavy atom. The highest BCUT2D eigenvalue weighted by Crippen LogP contribution is 2.21. The van der Waals surface area contributed by atoms with Crippen LogP contribution in [0.1, 0.15) is 23.2 Å². The molecule has 1 aromatic rings. The Balaban J connectivity index is 1.72. The van der Waals surface area contributed by atoms with Gasteiger partial charge < -0.3 is 4.74 Å². The van der Waals surface area contributed by atoms with Gasteiger partial charge in [0, 0.05) is 11.3 Å². The van der Waals surface area contributed by atoms with E-state index in [9.17, 15) is 22.8 Å². The monoisotopic (exact) mass is 400 g/mol. The Kier molecular flexibility index (Phi) is 7.04. The SMILES string of the molecule is CSc1ccccc1C(=O)OCC(=O)NNC(=O)C[C@@H]1CCS(=O)(=O)C1. The summed E-state index contributed by atoms with van der Waals surface area (Å²) in [6.07, 6.45) is 2.28. The Labute approximate surface area is 155 Å². The van der Waals surface area contributed by atoms with Crippen molar-refractivity contribution in [1.29, 1.82) is 0 Å². The number of rotatable bonds is 6. The summed E-state index contributed by atoms with van der Waals surface area (Å²) in [6, 6.07) is 6.86. The van der Waals surface area contributed by atoms with E-state index in [0.717, 1.165) is 4.90 Å². The molecule has 1 aliphatic heterocycles. The smallest absolute Gasteiger partial charge is 0.339 e. The van der Waals surface area contributed by atoms with Crippen LogP contribution in [-0.4, -0.2) is 50.6 Å². The molecule has 0 radical (unpaired) electrons. The molecule has 0 aromatic heterocycles. The van der Waals surface area contributed by atoms with E-state index in [1.54, 1.807) is 24.3 Å². The number of ether oxygens (including phenoxy) is 1. The standard InChI is InChI=1S/C16H20N2O6S2/c1-25-13-5-3-2-4-12(13)16(21)24-9-15(20)18-17-14(19)8-11-6-7-26(22,23)10-11/h2-5,11H,6-10H2,1H3,(H,17,19)(H,18,20)/t11-/m0/s1. The second-order valence-corrected chi connectivity index (χ2v) is 8.92. The molecular formula is C16H20N2O6S2. The molecule has 1 heterocycles. The molecule has 8 nitrogen and oxygen atoms in total. The second kappa shape index (κ2) is 9.04. The zero-order chi connectivity index (χ0) is 19.2. The fourth-order valence-corrected chi connectivity index (χ4v) is 4.99. The number of carbonyl (C=O) groups excluding carboxylic acids is 3. The summed E-state index contributed by atoms with van der Waals surface area (Å²) in [5.74, 6) is -1.97. The van der Waals surface area contributed by atoms with Gasteiger partial charge in [-0.1, -0.05) is 12.1 Å². The average Bonchev–Trinajstić information content (AvgIpc) is 2.96. The highest BCUT2D eigenvalue weighted by molar-refractivity contribution is 7.98. The van der Waals surface area contributed by atoms with E-state index >= 15 is 0 Å². The minimum atomic E-state index is -3.05. The van der Waals surface area contributed by atoms with Gasteiger partial charge in [-0.3, -0.25) is 20.4 Å². The quantitative estimate of drug-likeness (QED) is 0.406. The highest BCUT2D eigenvalue weighted by Gasteiger charge is 2.29. The first-order valence-corrected chi connectivity index (χ1v) is 10.9. The number of carbonyl (C=O) groups is 3. The number of benzene rings is 1. The Morgan fingerprint density at radius 3 is 2.54 bits per heavy atom. The average molecular weight is 400 g/mol. The minimum absolute atomic E-state index is 0.0131. The van der Waals surface area contributed by atoms with E-state index in [0.29, 0.717) is 12.0 Å². The molecule has 1 atom stereocenters. The number of thioether (sulfide) groups is 1. The number of amides is 2. The lowest BCUT2D eigenvalue weighted by atomic mass is 10.1. The molecule has 0 spiro atoms. The van der Waals surface area contributed by atoms with Crippen molar-refractivity contribution in [2.24, 2.45) is 5.92 Å². The predicted molar refractivity (Wildman–Crippen MR) is 96.2 cm³/mol. The van der Waals surface area contributed by atoms with Crippen molar-refractivity contribution in [2.45, 2.75) is 17.7 Å². The molecule has 2 amide bonds. The number of nitrogens with one attached hydrogen (secondary N) is 2. The van der Waals surface area contributed by atoms with Gasteiger partial charge in [-0.15, -0.1) is 11.8 Å². The third kappa shape index (κ3) is 6.03. The van der Waals surface area contributed by atoms with E-state index in [1.165, 1.54) is 11.8 Å². The molecular weight excluding hydrogens is 380 g/mol. The summed E-state index contributed by atoms with van der Waals surface area (Å²) >= 11 is 1.39. The number of sulfone groups is 1. The largest absolute Gasteiger partial charge is 0.452 e. The maximum absolute atomic E-state index is 12.0. The fraction of sp³-hybridized carbons (Fsp3) is 0.438. The van der Waals surface area contributed by atoms with Crippen LogP contribution < -0.4 is 10.9 Å². The van der Waals surface area contributed by atoms with Crippen LogP contribution in [0.5, 0.6) is 0 Å². The van der Waals surface area contributed by atoms with Crippen LogP contribution in [0, 0.1) is 5.92 Å². The Bertz CT molecular complexity index is 794. The predicted octanol–water partition coefficient (Wildman–Crippen LogP) is 0.537. The van der Waals surface area contributed by atoms with Crippen molar-refractivity contribution in [1.82, 2.24) is 10.9 Å². The number of hydrogen-bond acceptors (Lipinski definition) is 7. The highest BCUT2D eigenvalue weighted by atomic mass is 32.2. The van der Waals surface area contributed by atoms with Crippen molar-refractivity contribution < 1.29 is 27.5 Å². The van der Waals surface area contributed by atoms with Crippen LogP contribution >= 0.6 is 11.8 Å². The van der Waals surface area contributed by atoms with Crippen LogP contribution in [0.2, 0.25) is 0 Å². The molecule has 1 aromatic carbocycles. The molecule has 0 aliphatic carbocycles. The van der Waals surface area contributed by atoms with Gasteiger partial charge in [-0.25, -0.2) is 13.2 Å². The maximum Gasteiger partial charge on any atom is 0.339 e. The van der Waals surface area contributed by atoms with Crippen molar-refractivity contribution in [3.63, 3.8) is 0 Å². The van der Waals surface area contributed by atoms with Gasteiger partial charge in [0.1, 0.15) is 0 Å². The van der Waals surface area contributed by atoms with Crippen molar-refractivity contribution in [3.05, 3.63) is 29.8 Å². The van der Waals surface area contributed by atoms with Crippen LogP contribution in [-0.2, 0) is 24.2 Å². The van der Waals surface area contributed by atoms with E-state index in [1.807, 2.05) is 6.26 Å². The fourth-order valence-electron chi connectivity index (χ4n) is 2.54. The summed E-state index contributed by atoms with van der Waals surface area (Å²) < 4.78 is 27.6. The zero-order valence-electron chi connectivity index (χ0n) is 14.2.